The number of fused-ring (bicyclic) bond motifs is 3. The number of thiazole rings is 1. The van der Waals surface area contributed by atoms with Crippen molar-refractivity contribution in [3.05, 3.63) is 51.9 Å². The Hall–Kier alpha value is -2.16. The minimum Gasteiger partial charge on any atom is -0.386 e. The smallest absolute Gasteiger partial charge is 0.291 e. The van der Waals surface area contributed by atoms with Gasteiger partial charge in [0.1, 0.15) is 5.52 Å². The molecule has 27 heavy (non-hydrogen) atoms. The van der Waals surface area contributed by atoms with Crippen LogP contribution in [0.2, 0.25) is 0 Å². The van der Waals surface area contributed by atoms with E-state index in [-0.39, 0.29) is 5.56 Å². The Morgan fingerprint density at radius 2 is 2.11 bits per heavy atom. The molecule has 6 nitrogen and oxygen atoms in total. The molecular formula is C19H20N4O2S2. The predicted molar refractivity (Wildman–Crippen MR) is 111 cm³/mol. The first-order chi connectivity index (χ1) is 12.8. The third kappa shape index (κ3) is 3.07. The normalized spacial score (nSPS) is 12.3. The molecule has 1 N–H and O–H groups in total. The van der Waals surface area contributed by atoms with Gasteiger partial charge in [0.15, 0.2) is 9.99 Å². The minimum atomic E-state index is -0.929. The molecule has 4 aromatic rings. The summed E-state index contributed by atoms with van der Waals surface area (Å²) in [5.74, 6) is 0. The van der Waals surface area contributed by atoms with E-state index in [1.165, 1.54) is 4.68 Å². The second kappa shape index (κ2) is 6.47. The molecule has 0 aliphatic carbocycles. The standard InChI is InChI=1S/C19H20N4O2S2/c1-19(2,25)12-7-5-6-11(8-12)10-23-17(24)14-13(9-20-23)15-16(22(14)3)21-18(26-4)27-15/h5-9,25H,10H2,1-4H3. The SMILES string of the molecule is CSc1nc2c(s1)c1cnn(Cc3cccc(C(C)(C)O)c3)c(=O)c1n2C. The fourth-order valence-electron chi connectivity index (χ4n) is 3.19. The third-order valence-corrected chi connectivity index (χ3v) is 6.71. The van der Waals surface area contributed by atoms with Crippen LogP contribution in [0, 0.1) is 0 Å². The van der Waals surface area contributed by atoms with Crippen molar-refractivity contribution < 1.29 is 5.11 Å². The molecule has 3 aromatic heterocycles. The van der Waals surface area contributed by atoms with E-state index in [4.69, 9.17) is 0 Å². The molecule has 0 spiro atoms. The molecule has 0 aliphatic rings. The van der Waals surface area contributed by atoms with Crippen molar-refractivity contribution in [2.45, 2.75) is 30.3 Å². The van der Waals surface area contributed by atoms with Crippen LogP contribution in [-0.4, -0.2) is 30.7 Å². The van der Waals surface area contributed by atoms with E-state index in [2.05, 4.69) is 10.1 Å². The van der Waals surface area contributed by atoms with Crippen molar-refractivity contribution in [2.24, 2.45) is 7.05 Å². The van der Waals surface area contributed by atoms with Crippen LogP contribution < -0.4 is 5.56 Å². The summed E-state index contributed by atoms with van der Waals surface area (Å²) in [6.07, 6.45) is 3.74. The molecule has 0 fully saturated rings. The van der Waals surface area contributed by atoms with Crippen molar-refractivity contribution in [1.29, 1.82) is 0 Å². The van der Waals surface area contributed by atoms with E-state index in [9.17, 15) is 9.90 Å². The highest BCUT2D eigenvalue weighted by molar-refractivity contribution is 8.00. The lowest BCUT2D eigenvalue weighted by Crippen LogP contribution is -2.25. The number of hydrogen-bond acceptors (Lipinski definition) is 6. The van der Waals surface area contributed by atoms with Gasteiger partial charge in [0.2, 0.25) is 0 Å². The van der Waals surface area contributed by atoms with Gasteiger partial charge in [-0.1, -0.05) is 36.0 Å². The van der Waals surface area contributed by atoms with Gasteiger partial charge in [-0.15, -0.1) is 11.3 Å². The van der Waals surface area contributed by atoms with Crippen molar-refractivity contribution in [3.8, 4) is 0 Å². The van der Waals surface area contributed by atoms with E-state index in [0.29, 0.717) is 12.1 Å². The molecular weight excluding hydrogens is 380 g/mol. The lowest BCUT2D eigenvalue weighted by molar-refractivity contribution is 0.0785. The summed E-state index contributed by atoms with van der Waals surface area (Å²) < 4.78 is 5.29. The summed E-state index contributed by atoms with van der Waals surface area (Å²) in [6.45, 7) is 3.84. The zero-order valence-electron chi connectivity index (χ0n) is 15.6. The maximum absolute atomic E-state index is 13.1. The monoisotopic (exact) mass is 400 g/mol. The second-order valence-corrected chi connectivity index (χ2v) is 9.08. The van der Waals surface area contributed by atoms with E-state index in [1.807, 2.05) is 42.1 Å². The van der Waals surface area contributed by atoms with Crippen molar-refractivity contribution in [3.63, 3.8) is 0 Å². The molecule has 1 aromatic carbocycles. The van der Waals surface area contributed by atoms with E-state index in [0.717, 1.165) is 31.2 Å². The lowest BCUT2D eigenvalue weighted by atomic mass is 9.96. The van der Waals surface area contributed by atoms with Crippen LogP contribution in [0.3, 0.4) is 0 Å². The fourth-order valence-corrected chi connectivity index (χ4v) is 4.79. The highest BCUT2D eigenvalue weighted by Gasteiger charge is 2.19. The minimum absolute atomic E-state index is 0.139. The second-order valence-electron chi connectivity index (χ2n) is 7.02. The summed E-state index contributed by atoms with van der Waals surface area (Å²) in [5.41, 5.74) is 2.09. The first kappa shape index (κ1) is 18.2. The number of benzene rings is 1. The molecule has 0 amide bonds. The molecule has 3 heterocycles. The molecule has 0 saturated carbocycles. The molecule has 0 unspecified atom stereocenters. The van der Waals surface area contributed by atoms with Crippen LogP contribution in [0.25, 0.3) is 21.3 Å². The van der Waals surface area contributed by atoms with Crippen LogP contribution in [0.15, 0.2) is 39.6 Å². The summed E-state index contributed by atoms with van der Waals surface area (Å²) in [7, 11) is 1.87. The average Bonchev–Trinajstić information content (AvgIpc) is 3.16. The van der Waals surface area contributed by atoms with E-state index in [1.54, 1.807) is 43.1 Å². The number of hydrogen-bond donors (Lipinski definition) is 1. The molecule has 140 valence electrons. The molecule has 0 saturated heterocycles. The van der Waals surface area contributed by atoms with Gasteiger partial charge in [0.05, 0.1) is 23.0 Å². The first-order valence-electron chi connectivity index (χ1n) is 8.50. The zero-order chi connectivity index (χ0) is 19.3. The number of aromatic nitrogens is 4. The molecule has 0 bridgehead atoms. The van der Waals surface area contributed by atoms with E-state index >= 15 is 0 Å². The summed E-state index contributed by atoms with van der Waals surface area (Å²) in [5, 5.41) is 15.5. The number of nitrogens with zero attached hydrogens (tertiary/aromatic N) is 4. The molecule has 8 heteroatoms. The van der Waals surface area contributed by atoms with Gasteiger partial charge in [0, 0.05) is 12.4 Å². The van der Waals surface area contributed by atoms with Gasteiger partial charge in [0.25, 0.3) is 5.56 Å². The van der Waals surface area contributed by atoms with Gasteiger partial charge in [-0.2, -0.15) is 5.10 Å². The zero-order valence-corrected chi connectivity index (χ0v) is 17.2. The average molecular weight is 401 g/mol. The lowest BCUT2D eigenvalue weighted by Gasteiger charge is -2.18. The molecule has 0 radical (unpaired) electrons. The first-order valence-corrected chi connectivity index (χ1v) is 10.5. The molecule has 4 rings (SSSR count). The highest BCUT2D eigenvalue weighted by atomic mass is 32.2. The summed E-state index contributed by atoms with van der Waals surface area (Å²) >= 11 is 3.18. The van der Waals surface area contributed by atoms with Crippen molar-refractivity contribution in [2.75, 3.05) is 6.26 Å². The van der Waals surface area contributed by atoms with Crippen LogP contribution >= 0.6 is 23.1 Å². The van der Waals surface area contributed by atoms with Crippen LogP contribution in [0.4, 0.5) is 0 Å². The van der Waals surface area contributed by atoms with Crippen LogP contribution in [0.1, 0.15) is 25.0 Å². The number of rotatable bonds is 4. The van der Waals surface area contributed by atoms with E-state index < -0.39 is 5.60 Å². The summed E-state index contributed by atoms with van der Waals surface area (Å²) in [6, 6.07) is 7.61. The molecule has 0 atom stereocenters. The van der Waals surface area contributed by atoms with Gasteiger partial charge < -0.3 is 9.67 Å². The number of thioether (sulfide) groups is 1. The van der Waals surface area contributed by atoms with Gasteiger partial charge in [-0.05, 0) is 31.2 Å². The Bertz CT molecular complexity index is 1210. The Morgan fingerprint density at radius 3 is 2.81 bits per heavy atom. The number of aliphatic hydroxyl groups is 1. The maximum atomic E-state index is 13.1. The predicted octanol–water partition coefficient (Wildman–Crippen LogP) is 3.34. The van der Waals surface area contributed by atoms with Crippen molar-refractivity contribution >= 4 is 44.3 Å². The number of aryl methyl sites for hydroxylation is 1. The Kier molecular flexibility index (Phi) is 4.37. The fraction of sp³-hybridized carbons (Fsp3) is 0.316. The van der Waals surface area contributed by atoms with Gasteiger partial charge in [-0.25, -0.2) is 9.67 Å². The van der Waals surface area contributed by atoms with Crippen molar-refractivity contribution in [1.82, 2.24) is 19.3 Å². The highest BCUT2D eigenvalue weighted by Crippen LogP contribution is 2.34. The Labute approximate surface area is 164 Å². The Balaban J connectivity index is 1.81. The van der Waals surface area contributed by atoms with Crippen LogP contribution in [0.5, 0.6) is 0 Å². The topological polar surface area (TPSA) is 72.9 Å². The largest absolute Gasteiger partial charge is 0.386 e. The summed E-state index contributed by atoms with van der Waals surface area (Å²) in [4.78, 5) is 17.7. The quantitative estimate of drug-likeness (QED) is 0.532. The Morgan fingerprint density at radius 1 is 1.33 bits per heavy atom. The maximum Gasteiger partial charge on any atom is 0.291 e. The third-order valence-electron chi connectivity index (χ3n) is 4.65. The van der Waals surface area contributed by atoms with Gasteiger partial charge >= 0.3 is 0 Å². The van der Waals surface area contributed by atoms with Gasteiger partial charge in [-0.3, -0.25) is 4.79 Å². The molecule has 0 aliphatic heterocycles. The van der Waals surface area contributed by atoms with Crippen LogP contribution in [-0.2, 0) is 19.2 Å².